The van der Waals surface area contributed by atoms with Crippen LogP contribution in [0.4, 0.5) is 11.5 Å². The zero-order valence-corrected chi connectivity index (χ0v) is 12.1. The van der Waals surface area contributed by atoms with Gasteiger partial charge in [0.15, 0.2) is 5.82 Å². The van der Waals surface area contributed by atoms with Gasteiger partial charge in [-0.3, -0.25) is 4.79 Å². The van der Waals surface area contributed by atoms with Crippen LogP contribution in [0.25, 0.3) is 0 Å². The molecule has 0 aliphatic heterocycles. The molecule has 21 heavy (non-hydrogen) atoms. The monoisotopic (exact) mass is 289 g/mol. The number of nitrogens with one attached hydrogen (secondary N) is 1. The predicted octanol–water partition coefficient (Wildman–Crippen LogP) is 1.81. The lowest BCUT2D eigenvalue weighted by Crippen LogP contribution is -2.37. The zero-order chi connectivity index (χ0) is 15.2. The van der Waals surface area contributed by atoms with Crippen LogP contribution in [0.3, 0.4) is 0 Å². The van der Waals surface area contributed by atoms with Crippen LogP contribution < -0.4 is 10.2 Å². The number of rotatable bonds is 6. The average molecular weight is 289 g/mol. The van der Waals surface area contributed by atoms with Gasteiger partial charge in [-0.05, 0) is 26.0 Å². The number of aliphatic hydroxyl groups is 1. The van der Waals surface area contributed by atoms with Gasteiger partial charge < -0.3 is 19.8 Å². The molecule has 6 heteroatoms. The number of aryl methyl sites for hydroxylation is 1. The van der Waals surface area contributed by atoms with E-state index in [4.69, 9.17) is 4.52 Å². The second kappa shape index (κ2) is 6.90. The van der Waals surface area contributed by atoms with Crippen molar-refractivity contribution in [1.29, 1.82) is 0 Å². The molecular weight excluding hydrogens is 270 g/mol. The van der Waals surface area contributed by atoms with Gasteiger partial charge in [0.2, 0.25) is 5.91 Å². The summed E-state index contributed by atoms with van der Waals surface area (Å²) in [6.07, 6.45) is -0.535. The molecule has 1 unspecified atom stereocenters. The van der Waals surface area contributed by atoms with E-state index < -0.39 is 6.10 Å². The number of benzene rings is 1. The van der Waals surface area contributed by atoms with E-state index in [-0.39, 0.29) is 12.5 Å². The number of hydrogen-bond acceptors (Lipinski definition) is 5. The van der Waals surface area contributed by atoms with Gasteiger partial charge in [-0.2, -0.15) is 0 Å². The Kier molecular flexibility index (Phi) is 4.94. The molecule has 0 bridgehead atoms. The van der Waals surface area contributed by atoms with E-state index in [2.05, 4.69) is 10.5 Å². The Hall–Kier alpha value is -2.34. The highest BCUT2D eigenvalue weighted by atomic mass is 16.5. The Labute approximate surface area is 123 Å². The molecule has 0 radical (unpaired) electrons. The highest BCUT2D eigenvalue weighted by Gasteiger charge is 2.14. The molecule has 0 saturated carbocycles. The highest BCUT2D eigenvalue weighted by Crippen LogP contribution is 2.14. The Morgan fingerprint density at radius 2 is 2.14 bits per heavy atom. The highest BCUT2D eigenvalue weighted by molar-refractivity contribution is 5.93. The van der Waals surface area contributed by atoms with Crippen molar-refractivity contribution < 1.29 is 14.4 Å². The number of para-hydroxylation sites is 1. The standard InChI is InChI=1S/C15H19N3O3/c1-11(19)9-18(13-6-4-3-5-7-13)10-15(20)16-14-8-12(2)21-17-14/h3-8,11,19H,9-10H2,1-2H3,(H,16,17,20). The van der Waals surface area contributed by atoms with Crippen molar-refractivity contribution in [2.75, 3.05) is 23.3 Å². The summed E-state index contributed by atoms with van der Waals surface area (Å²) in [5.74, 6) is 0.810. The third kappa shape index (κ3) is 4.61. The fourth-order valence-electron chi connectivity index (χ4n) is 2.00. The second-order valence-corrected chi connectivity index (χ2v) is 4.94. The first-order valence-corrected chi connectivity index (χ1v) is 6.76. The number of nitrogens with zero attached hydrogens (tertiary/aromatic N) is 2. The minimum Gasteiger partial charge on any atom is -0.392 e. The molecule has 2 rings (SSSR count). The van der Waals surface area contributed by atoms with E-state index in [1.54, 1.807) is 19.9 Å². The molecule has 2 N–H and O–H groups in total. The van der Waals surface area contributed by atoms with E-state index in [9.17, 15) is 9.90 Å². The van der Waals surface area contributed by atoms with Crippen LogP contribution in [0.1, 0.15) is 12.7 Å². The lowest BCUT2D eigenvalue weighted by atomic mass is 10.2. The maximum atomic E-state index is 12.1. The Morgan fingerprint density at radius 3 is 2.71 bits per heavy atom. The van der Waals surface area contributed by atoms with Gasteiger partial charge in [-0.15, -0.1) is 0 Å². The zero-order valence-electron chi connectivity index (χ0n) is 12.1. The van der Waals surface area contributed by atoms with E-state index >= 15 is 0 Å². The van der Waals surface area contributed by atoms with Crippen LogP contribution in [0.5, 0.6) is 0 Å². The summed E-state index contributed by atoms with van der Waals surface area (Å²) in [5, 5.41) is 16.0. The minimum absolute atomic E-state index is 0.126. The number of hydrogen-bond donors (Lipinski definition) is 2. The molecule has 0 fully saturated rings. The normalized spacial score (nSPS) is 12.0. The lowest BCUT2D eigenvalue weighted by Gasteiger charge is -2.25. The summed E-state index contributed by atoms with van der Waals surface area (Å²) >= 11 is 0. The van der Waals surface area contributed by atoms with Crippen molar-refractivity contribution in [3.05, 3.63) is 42.2 Å². The quantitative estimate of drug-likeness (QED) is 0.848. The topological polar surface area (TPSA) is 78.6 Å². The van der Waals surface area contributed by atoms with Gasteiger partial charge in [0.05, 0.1) is 12.6 Å². The molecule has 0 aliphatic rings. The summed E-state index contributed by atoms with van der Waals surface area (Å²) in [6.45, 7) is 3.94. The van der Waals surface area contributed by atoms with Crippen LogP contribution >= 0.6 is 0 Å². The SMILES string of the molecule is Cc1cc(NC(=O)CN(CC(C)O)c2ccccc2)no1. The van der Waals surface area contributed by atoms with Crippen LogP contribution in [-0.4, -0.2) is 35.4 Å². The van der Waals surface area contributed by atoms with E-state index in [1.807, 2.05) is 35.2 Å². The Morgan fingerprint density at radius 1 is 1.43 bits per heavy atom. The van der Waals surface area contributed by atoms with Crippen molar-refractivity contribution in [1.82, 2.24) is 5.16 Å². The molecular formula is C15H19N3O3. The molecule has 0 aliphatic carbocycles. The second-order valence-electron chi connectivity index (χ2n) is 4.94. The van der Waals surface area contributed by atoms with Crippen LogP contribution in [-0.2, 0) is 4.79 Å². The molecule has 6 nitrogen and oxygen atoms in total. The third-order valence-electron chi connectivity index (χ3n) is 2.84. The fraction of sp³-hybridized carbons (Fsp3) is 0.333. The number of aromatic nitrogens is 1. The van der Waals surface area contributed by atoms with Crippen molar-refractivity contribution in [3.63, 3.8) is 0 Å². The van der Waals surface area contributed by atoms with Crippen LogP contribution in [0.15, 0.2) is 40.9 Å². The van der Waals surface area contributed by atoms with E-state index in [1.165, 1.54) is 0 Å². The first-order valence-electron chi connectivity index (χ1n) is 6.76. The van der Waals surface area contributed by atoms with Gasteiger partial charge in [-0.25, -0.2) is 0 Å². The van der Waals surface area contributed by atoms with Gasteiger partial charge in [0, 0.05) is 18.3 Å². The molecule has 0 spiro atoms. The van der Waals surface area contributed by atoms with Gasteiger partial charge >= 0.3 is 0 Å². The molecule has 112 valence electrons. The summed E-state index contributed by atoms with van der Waals surface area (Å²) < 4.78 is 4.90. The van der Waals surface area contributed by atoms with Crippen LogP contribution in [0.2, 0.25) is 0 Å². The molecule has 1 aromatic heterocycles. The van der Waals surface area contributed by atoms with Crippen molar-refractivity contribution in [2.45, 2.75) is 20.0 Å². The summed E-state index contributed by atoms with van der Waals surface area (Å²) in [4.78, 5) is 13.9. The van der Waals surface area contributed by atoms with Crippen LogP contribution in [0, 0.1) is 6.92 Å². The predicted molar refractivity (Wildman–Crippen MR) is 80.2 cm³/mol. The maximum Gasteiger partial charge on any atom is 0.245 e. The van der Waals surface area contributed by atoms with E-state index in [0.717, 1.165) is 5.69 Å². The van der Waals surface area contributed by atoms with Crippen molar-refractivity contribution in [2.24, 2.45) is 0 Å². The number of anilines is 2. The molecule has 1 atom stereocenters. The summed E-state index contributed by atoms with van der Waals surface area (Å²) in [7, 11) is 0. The number of carbonyl (C=O) groups excluding carboxylic acids is 1. The smallest absolute Gasteiger partial charge is 0.245 e. The lowest BCUT2D eigenvalue weighted by molar-refractivity contribution is -0.115. The molecule has 2 aromatic rings. The van der Waals surface area contributed by atoms with Crippen molar-refractivity contribution >= 4 is 17.4 Å². The first-order chi connectivity index (χ1) is 10.0. The summed E-state index contributed by atoms with van der Waals surface area (Å²) in [5.41, 5.74) is 0.880. The third-order valence-corrected chi connectivity index (χ3v) is 2.84. The maximum absolute atomic E-state index is 12.1. The summed E-state index contributed by atoms with van der Waals surface area (Å²) in [6, 6.07) is 11.1. The van der Waals surface area contributed by atoms with Crippen molar-refractivity contribution in [3.8, 4) is 0 Å². The number of aliphatic hydroxyl groups excluding tert-OH is 1. The molecule has 1 amide bonds. The molecule has 0 saturated heterocycles. The fourth-order valence-corrected chi connectivity index (χ4v) is 2.00. The molecule has 1 aromatic carbocycles. The Balaban J connectivity index is 2.02. The average Bonchev–Trinajstić information content (AvgIpc) is 2.83. The first kappa shape index (κ1) is 15.1. The van der Waals surface area contributed by atoms with Gasteiger partial charge in [-0.1, -0.05) is 23.4 Å². The minimum atomic E-state index is -0.535. The number of carbonyl (C=O) groups is 1. The number of amides is 1. The van der Waals surface area contributed by atoms with E-state index in [0.29, 0.717) is 18.1 Å². The largest absolute Gasteiger partial charge is 0.392 e. The van der Waals surface area contributed by atoms with Gasteiger partial charge in [0.25, 0.3) is 0 Å². The Bertz CT molecular complexity index is 581. The van der Waals surface area contributed by atoms with Gasteiger partial charge in [0.1, 0.15) is 5.76 Å². The molecule has 1 heterocycles.